The highest BCUT2D eigenvalue weighted by Gasteiger charge is 2.24. The normalized spacial score (nSPS) is 25.3. The highest BCUT2D eigenvalue weighted by Crippen LogP contribution is 2.33. The molecule has 17 heavy (non-hydrogen) atoms. The molecule has 2 unspecified atom stereocenters. The standard InChI is InChI=1S/C14H18N2O/c1-9-5-6-12-13(7-9)17-14(16-12)10-3-2-4-11(15)8-10/h5-7,10-11H,2-4,8,15H2,1H3. The number of fused-ring (bicyclic) bond motifs is 1. The van der Waals surface area contributed by atoms with E-state index in [4.69, 9.17) is 10.2 Å². The van der Waals surface area contributed by atoms with Crippen molar-refractivity contribution in [2.45, 2.75) is 44.6 Å². The van der Waals surface area contributed by atoms with Gasteiger partial charge in [0.25, 0.3) is 0 Å². The lowest BCUT2D eigenvalue weighted by Crippen LogP contribution is -2.26. The molecule has 3 rings (SSSR count). The van der Waals surface area contributed by atoms with Crippen molar-refractivity contribution in [3.63, 3.8) is 0 Å². The van der Waals surface area contributed by atoms with E-state index >= 15 is 0 Å². The average Bonchev–Trinajstić information content (AvgIpc) is 2.72. The summed E-state index contributed by atoms with van der Waals surface area (Å²) in [7, 11) is 0. The fourth-order valence-corrected chi connectivity index (χ4v) is 2.68. The van der Waals surface area contributed by atoms with Gasteiger partial charge in [-0.3, -0.25) is 0 Å². The highest BCUT2D eigenvalue weighted by molar-refractivity contribution is 5.73. The van der Waals surface area contributed by atoms with Gasteiger partial charge < -0.3 is 10.2 Å². The maximum Gasteiger partial charge on any atom is 0.198 e. The fourth-order valence-electron chi connectivity index (χ4n) is 2.68. The van der Waals surface area contributed by atoms with E-state index in [-0.39, 0.29) is 0 Å². The van der Waals surface area contributed by atoms with Crippen LogP contribution in [0.15, 0.2) is 22.6 Å². The second-order valence-electron chi connectivity index (χ2n) is 5.15. The Balaban J connectivity index is 1.94. The summed E-state index contributed by atoms with van der Waals surface area (Å²) in [6.07, 6.45) is 4.48. The van der Waals surface area contributed by atoms with Crippen molar-refractivity contribution in [3.8, 4) is 0 Å². The molecule has 0 amide bonds. The Labute approximate surface area is 101 Å². The third kappa shape index (κ3) is 2.07. The van der Waals surface area contributed by atoms with Crippen LogP contribution in [0.1, 0.15) is 43.1 Å². The quantitative estimate of drug-likeness (QED) is 0.818. The lowest BCUT2D eigenvalue weighted by Gasteiger charge is -2.23. The first-order valence-corrected chi connectivity index (χ1v) is 6.35. The molecule has 1 saturated carbocycles. The molecule has 90 valence electrons. The van der Waals surface area contributed by atoms with Crippen LogP contribution >= 0.6 is 0 Å². The van der Waals surface area contributed by atoms with Crippen LogP contribution in [0.25, 0.3) is 11.1 Å². The molecule has 1 heterocycles. The van der Waals surface area contributed by atoms with Gasteiger partial charge in [-0.1, -0.05) is 12.5 Å². The Morgan fingerprint density at radius 3 is 3.06 bits per heavy atom. The number of aromatic nitrogens is 1. The number of hydrogen-bond donors (Lipinski definition) is 1. The van der Waals surface area contributed by atoms with Gasteiger partial charge in [-0.15, -0.1) is 0 Å². The molecule has 3 heteroatoms. The Kier molecular flexibility index (Phi) is 2.63. The van der Waals surface area contributed by atoms with Crippen LogP contribution in [-0.2, 0) is 0 Å². The van der Waals surface area contributed by atoms with Crippen molar-refractivity contribution in [1.29, 1.82) is 0 Å². The van der Waals surface area contributed by atoms with E-state index < -0.39 is 0 Å². The molecule has 2 atom stereocenters. The van der Waals surface area contributed by atoms with E-state index in [2.05, 4.69) is 24.0 Å². The molecular weight excluding hydrogens is 212 g/mol. The first-order valence-electron chi connectivity index (χ1n) is 6.35. The van der Waals surface area contributed by atoms with Gasteiger partial charge in [0.15, 0.2) is 11.5 Å². The molecule has 1 aliphatic rings. The summed E-state index contributed by atoms with van der Waals surface area (Å²) >= 11 is 0. The number of nitrogens with zero attached hydrogens (tertiary/aromatic N) is 1. The number of rotatable bonds is 1. The number of hydrogen-bond acceptors (Lipinski definition) is 3. The fraction of sp³-hybridized carbons (Fsp3) is 0.500. The number of oxazole rings is 1. The van der Waals surface area contributed by atoms with Gasteiger partial charge in [-0.05, 0) is 43.9 Å². The first-order chi connectivity index (χ1) is 8.22. The second kappa shape index (κ2) is 4.15. The smallest absolute Gasteiger partial charge is 0.198 e. The van der Waals surface area contributed by atoms with Crippen LogP contribution in [-0.4, -0.2) is 11.0 Å². The summed E-state index contributed by atoms with van der Waals surface area (Å²) in [4.78, 5) is 4.59. The van der Waals surface area contributed by atoms with Gasteiger partial charge in [0.05, 0.1) is 0 Å². The van der Waals surface area contributed by atoms with E-state index in [9.17, 15) is 0 Å². The first kappa shape index (κ1) is 10.8. The van der Waals surface area contributed by atoms with Crippen molar-refractivity contribution in [1.82, 2.24) is 4.98 Å². The van der Waals surface area contributed by atoms with Crippen molar-refractivity contribution >= 4 is 11.1 Å². The average molecular weight is 230 g/mol. The van der Waals surface area contributed by atoms with Gasteiger partial charge in [-0.2, -0.15) is 0 Å². The minimum atomic E-state index is 0.311. The molecule has 0 bridgehead atoms. The highest BCUT2D eigenvalue weighted by atomic mass is 16.3. The molecule has 3 nitrogen and oxygen atoms in total. The summed E-state index contributed by atoms with van der Waals surface area (Å²) in [6, 6.07) is 6.46. The monoisotopic (exact) mass is 230 g/mol. The largest absolute Gasteiger partial charge is 0.440 e. The lowest BCUT2D eigenvalue weighted by atomic mass is 9.86. The van der Waals surface area contributed by atoms with Gasteiger partial charge in [0.1, 0.15) is 5.52 Å². The summed E-state index contributed by atoms with van der Waals surface area (Å²) < 4.78 is 5.87. The van der Waals surface area contributed by atoms with Crippen molar-refractivity contribution < 1.29 is 4.42 Å². The zero-order valence-electron chi connectivity index (χ0n) is 10.1. The summed E-state index contributed by atoms with van der Waals surface area (Å²) in [5, 5.41) is 0. The molecule has 0 spiro atoms. The van der Waals surface area contributed by atoms with E-state index in [0.717, 1.165) is 36.3 Å². The van der Waals surface area contributed by atoms with Crippen molar-refractivity contribution in [2.24, 2.45) is 5.73 Å². The van der Waals surface area contributed by atoms with Crippen LogP contribution in [0.4, 0.5) is 0 Å². The van der Waals surface area contributed by atoms with Crippen LogP contribution < -0.4 is 5.73 Å². The van der Waals surface area contributed by atoms with Gasteiger partial charge in [0.2, 0.25) is 0 Å². The number of benzene rings is 1. The summed E-state index contributed by atoms with van der Waals surface area (Å²) in [5.74, 6) is 1.28. The lowest BCUT2D eigenvalue weighted by molar-refractivity contribution is 0.343. The van der Waals surface area contributed by atoms with Crippen molar-refractivity contribution in [2.75, 3.05) is 0 Å². The number of nitrogens with two attached hydrogens (primary N) is 1. The van der Waals surface area contributed by atoms with Crippen LogP contribution in [0, 0.1) is 6.92 Å². The Hall–Kier alpha value is -1.35. The van der Waals surface area contributed by atoms with E-state index in [0.29, 0.717) is 12.0 Å². The Morgan fingerprint density at radius 2 is 2.24 bits per heavy atom. The minimum absolute atomic E-state index is 0.311. The summed E-state index contributed by atoms with van der Waals surface area (Å²) in [5.41, 5.74) is 9.08. The van der Waals surface area contributed by atoms with E-state index in [1.807, 2.05) is 6.07 Å². The van der Waals surface area contributed by atoms with E-state index in [1.54, 1.807) is 0 Å². The summed E-state index contributed by atoms with van der Waals surface area (Å²) in [6.45, 7) is 2.07. The molecule has 2 aromatic rings. The third-order valence-electron chi connectivity index (χ3n) is 3.62. The molecule has 1 fully saturated rings. The molecule has 0 aliphatic heterocycles. The van der Waals surface area contributed by atoms with Crippen LogP contribution in [0.5, 0.6) is 0 Å². The predicted molar refractivity (Wildman–Crippen MR) is 67.9 cm³/mol. The van der Waals surface area contributed by atoms with Crippen LogP contribution in [0.3, 0.4) is 0 Å². The minimum Gasteiger partial charge on any atom is -0.440 e. The maximum absolute atomic E-state index is 6.01. The topological polar surface area (TPSA) is 52.0 Å². The predicted octanol–water partition coefficient (Wildman–Crippen LogP) is 3.12. The molecule has 1 aromatic heterocycles. The van der Waals surface area contributed by atoms with Crippen LogP contribution in [0.2, 0.25) is 0 Å². The third-order valence-corrected chi connectivity index (χ3v) is 3.62. The zero-order chi connectivity index (χ0) is 11.8. The Morgan fingerprint density at radius 1 is 1.35 bits per heavy atom. The van der Waals surface area contributed by atoms with Gasteiger partial charge >= 0.3 is 0 Å². The zero-order valence-corrected chi connectivity index (χ0v) is 10.1. The maximum atomic E-state index is 6.01. The molecule has 0 radical (unpaired) electrons. The van der Waals surface area contributed by atoms with Gasteiger partial charge in [0, 0.05) is 12.0 Å². The van der Waals surface area contributed by atoms with Gasteiger partial charge in [-0.25, -0.2) is 4.98 Å². The van der Waals surface area contributed by atoms with E-state index in [1.165, 1.54) is 12.0 Å². The molecule has 2 N–H and O–H groups in total. The Bertz CT molecular complexity index is 532. The number of aryl methyl sites for hydroxylation is 1. The molecular formula is C14H18N2O. The van der Waals surface area contributed by atoms with Crippen molar-refractivity contribution in [3.05, 3.63) is 29.7 Å². The second-order valence-corrected chi connectivity index (χ2v) is 5.15. The molecule has 1 aliphatic carbocycles. The molecule has 1 aromatic carbocycles. The molecule has 0 saturated heterocycles. The SMILES string of the molecule is Cc1ccc2nc(C3CCCC(N)C3)oc2c1.